The van der Waals surface area contributed by atoms with Crippen molar-refractivity contribution in [1.29, 1.82) is 0 Å². The third kappa shape index (κ3) is 2.58. The molecule has 7 nitrogen and oxygen atoms in total. The van der Waals surface area contributed by atoms with Gasteiger partial charge in [0.1, 0.15) is 0 Å². The third-order valence-electron chi connectivity index (χ3n) is 4.15. The summed E-state index contributed by atoms with van der Waals surface area (Å²) in [5.74, 6) is 1.59. The first-order valence-electron chi connectivity index (χ1n) is 7.77. The lowest BCUT2D eigenvalue weighted by Gasteiger charge is -2.13. The Morgan fingerprint density at radius 2 is 2.21 bits per heavy atom. The molecule has 1 aliphatic rings. The maximum absolute atomic E-state index is 12.2. The zero-order valence-corrected chi connectivity index (χ0v) is 13.4. The Morgan fingerprint density at radius 1 is 1.33 bits per heavy atom. The second kappa shape index (κ2) is 5.59. The smallest absolute Gasteiger partial charge is 0.289 e. The summed E-state index contributed by atoms with van der Waals surface area (Å²) >= 11 is 0. The molecule has 1 amide bonds. The minimum absolute atomic E-state index is 0.0311. The van der Waals surface area contributed by atoms with Crippen LogP contribution in [0.1, 0.15) is 45.9 Å². The first kappa shape index (κ1) is 14.6. The number of carbonyl (C=O) groups is 1. The predicted molar refractivity (Wildman–Crippen MR) is 84.2 cm³/mol. The second-order valence-corrected chi connectivity index (χ2v) is 5.87. The van der Waals surface area contributed by atoms with Crippen molar-refractivity contribution in [2.24, 2.45) is 0 Å². The summed E-state index contributed by atoms with van der Waals surface area (Å²) in [5, 5.41) is 6.82. The van der Waals surface area contributed by atoms with Gasteiger partial charge in [0.15, 0.2) is 11.7 Å². The van der Waals surface area contributed by atoms with Crippen LogP contribution >= 0.6 is 0 Å². The molecule has 1 aliphatic carbocycles. The van der Waals surface area contributed by atoms with Crippen LogP contribution in [0.2, 0.25) is 0 Å². The first-order valence-corrected chi connectivity index (χ1v) is 7.77. The number of aryl methyl sites for hydroxylation is 3. The molecule has 4 rings (SSSR count). The molecule has 0 aliphatic heterocycles. The van der Waals surface area contributed by atoms with E-state index in [1.165, 1.54) is 11.8 Å². The van der Waals surface area contributed by atoms with E-state index >= 15 is 0 Å². The van der Waals surface area contributed by atoms with Gasteiger partial charge in [-0.3, -0.25) is 4.79 Å². The van der Waals surface area contributed by atoms with Crippen molar-refractivity contribution < 1.29 is 13.7 Å². The molecule has 0 spiro atoms. The van der Waals surface area contributed by atoms with E-state index in [0.29, 0.717) is 17.6 Å². The normalized spacial score (nSPS) is 16.2. The average Bonchev–Trinajstić information content (AvgIpc) is 3.28. The van der Waals surface area contributed by atoms with Crippen LogP contribution in [0.25, 0.3) is 11.5 Å². The maximum atomic E-state index is 12.2. The van der Waals surface area contributed by atoms with Crippen LogP contribution in [-0.4, -0.2) is 21.0 Å². The molecule has 3 aromatic rings. The van der Waals surface area contributed by atoms with E-state index < -0.39 is 0 Å². The molecule has 1 aromatic carbocycles. The van der Waals surface area contributed by atoms with Gasteiger partial charge in [0.05, 0.1) is 12.2 Å². The molecule has 2 heterocycles. The standard InChI is InChI=1S/C17H16N4O3/c1-9-19-17(24-21-9)12-3-5-13-11(7-12)4-6-14(13)20-16(22)15-8-18-10(2)23-15/h3,5,7-8,14H,4,6H2,1-2H3,(H,20,22)/t14-/m1/s1. The predicted octanol–water partition coefficient (Wildman–Crippen LogP) is 2.76. The van der Waals surface area contributed by atoms with Crippen molar-refractivity contribution in [2.75, 3.05) is 0 Å². The van der Waals surface area contributed by atoms with Crippen LogP contribution in [-0.2, 0) is 6.42 Å². The van der Waals surface area contributed by atoms with E-state index in [-0.39, 0.29) is 17.7 Å². The summed E-state index contributed by atoms with van der Waals surface area (Å²) in [5.41, 5.74) is 3.19. The van der Waals surface area contributed by atoms with E-state index in [2.05, 4.69) is 20.4 Å². The van der Waals surface area contributed by atoms with E-state index in [1.807, 2.05) is 18.2 Å². The molecular weight excluding hydrogens is 308 g/mol. The summed E-state index contributed by atoms with van der Waals surface area (Å²) in [6.07, 6.45) is 3.18. The largest absolute Gasteiger partial charge is 0.436 e. The highest BCUT2D eigenvalue weighted by Gasteiger charge is 2.26. The van der Waals surface area contributed by atoms with Crippen molar-refractivity contribution in [1.82, 2.24) is 20.4 Å². The summed E-state index contributed by atoms with van der Waals surface area (Å²) in [7, 11) is 0. The Morgan fingerprint density at radius 3 is 2.92 bits per heavy atom. The molecule has 7 heteroatoms. The van der Waals surface area contributed by atoms with Crippen LogP contribution < -0.4 is 5.32 Å². The Bertz CT molecular complexity index is 912. The van der Waals surface area contributed by atoms with Crippen molar-refractivity contribution in [2.45, 2.75) is 32.7 Å². The Hall–Kier alpha value is -2.96. The summed E-state index contributed by atoms with van der Waals surface area (Å²) in [6, 6.07) is 5.96. The maximum Gasteiger partial charge on any atom is 0.289 e. The molecule has 0 fully saturated rings. The Labute approximate surface area is 138 Å². The van der Waals surface area contributed by atoms with Gasteiger partial charge in [-0.05, 0) is 43.0 Å². The van der Waals surface area contributed by atoms with Gasteiger partial charge < -0.3 is 14.3 Å². The number of hydrogen-bond acceptors (Lipinski definition) is 6. The van der Waals surface area contributed by atoms with Crippen molar-refractivity contribution in [3.05, 3.63) is 53.0 Å². The summed E-state index contributed by atoms with van der Waals surface area (Å²) in [6.45, 7) is 3.50. The van der Waals surface area contributed by atoms with Crippen LogP contribution in [0.15, 0.2) is 33.3 Å². The van der Waals surface area contributed by atoms with Gasteiger partial charge in [0.25, 0.3) is 11.8 Å². The fourth-order valence-corrected chi connectivity index (χ4v) is 3.01. The fourth-order valence-electron chi connectivity index (χ4n) is 3.01. The highest BCUT2D eigenvalue weighted by molar-refractivity contribution is 5.91. The van der Waals surface area contributed by atoms with Crippen molar-refractivity contribution in [3.8, 4) is 11.5 Å². The Kier molecular flexibility index (Phi) is 3.41. The molecule has 1 N–H and O–H groups in total. The topological polar surface area (TPSA) is 94.1 Å². The van der Waals surface area contributed by atoms with E-state index in [4.69, 9.17) is 8.94 Å². The average molecular weight is 324 g/mol. The SMILES string of the molecule is Cc1noc(-c2ccc3c(c2)CC[C@H]3NC(=O)c2cnc(C)o2)n1. The number of carbonyl (C=O) groups excluding carboxylic acids is 1. The highest BCUT2D eigenvalue weighted by atomic mass is 16.5. The number of benzene rings is 1. The number of oxazole rings is 1. The number of fused-ring (bicyclic) bond motifs is 1. The zero-order valence-electron chi connectivity index (χ0n) is 13.4. The Balaban J connectivity index is 1.55. The molecule has 1 atom stereocenters. The first-order chi connectivity index (χ1) is 11.6. The summed E-state index contributed by atoms with van der Waals surface area (Å²) in [4.78, 5) is 20.4. The molecule has 0 saturated carbocycles. The molecule has 0 unspecified atom stereocenters. The van der Waals surface area contributed by atoms with Crippen LogP contribution in [0.3, 0.4) is 0 Å². The molecule has 24 heavy (non-hydrogen) atoms. The minimum Gasteiger partial charge on any atom is -0.436 e. The van der Waals surface area contributed by atoms with E-state index in [9.17, 15) is 4.79 Å². The second-order valence-electron chi connectivity index (χ2n) is 5.87. The number of amides is 1. The number of nitrogens with zero attached hydrogens (tertiary/aromatic N) is 3. The fraction of sp³-hybridized carbons (Fsp3) is 0.294. The minimum atomic E-state index is -0.245. The highest BCUT2D eigenvalue weighted by Crippen LogP contribution is 2.34. The van der Waals surface area contributed by atoms with Crippen LogP contribution in [0.4, 0.5) is 0 Å². The monoisotopic (exact) mass is 324 g/mol. The van der Waals surface area contributed by atoms with Crippen molar-refractivity contribution in [3.63, 3.8) is 0 Å². The quantitative estimate of drug-likeness (QED) is 0.796. The van der Waals surface area contributed by atoms with Crippen molar-refractivity contribution >= 4 is 5.91 Å². The zero-order chi connectivity index (χ0) is 16.7. The lowest BCUT2D eigenvalue weighted by Crippen LogP contribution is -2.26. The number of aromatic nitrogens is 3. The van der Waals surface area contributed by atoms with Gasteiger partial charge in [-0.1, -0.05) is 11.2 Å². The molecule has 122 valence electrons. The van der Waals surface area contributed by atoms with Gasteiger partial charge in [-0.25, -0.2) is 4.98 Å². The lowest BCUT2D eigenvalue weighted by molar-refractivity contribution is 0.0907. The van der Waals surface area contributed by atoms with Gasteiger partial charge in [-0.15, -0.1) is 0 Å². The number of nitrogens with one attached hydrogen (secondary N) is 1. The third-order valence-corrected chi connectivity index (χ3v) is 4.15. The molecule has 0 bridgehead atoms. The van der Waals surface area contributed by atoms with Gasteiger partial charge in [-0.2, -0.15) is 4.98 Å². The molecular formula is C17H16N4O3. The summed E-state index contributed by atoms with van der Waals surface area (Å²) < 4.78 is 10.5. The van der Waals surface area contributed by atoms with Gasteiger partial charge in [0, 0.05) is 12.5 Å². The van der Waals surface area contributed by atoms with Gasteiger partial charge >= 0.3 is 0 Å². The number of rotatable bonds is 3. The van der Waals surface area contributed by atoms with Gasteiger partial charge in [0.2, 0.25) is 5.76 Å². The molecule has 0 saturated heterocycles. The van der Waals surface area contributed by atoms with Crippen LogP contribution in [0, 0.1) is 13.8 Å². The van der Waals surface area contributed by atoms with Crippen LogP contribution in [0.5, 0.6) is 0 Å². The molecule has 2 aromatic heterocycles. The molecule has 0 radical (unpaired) electrons. The van der Waals surface area contributed by atoms with E-state index in [0.717, 1.165) is 24.0 Å². The van der Waals surface area contributed by atoms with E-state index in [1.54, 1.807) is 13.8 Å². The number of hydrogen-bond donors (Lipinski definition) is 1. The lowest BCUT2D eigenvalue weighted by atomic mass is 10.0.